The Hall–Kier alpha value is -4.08. The second-order valence-corrected chi connectivity index (χ2v) is 10.2. The number of rotatable bonds is 12. The SMILES string of the molecule is COc1cc(/C=N\NC(=O)[C@H](COCc2ccccc2)NC(=O)OC(C)(C)C)ccc1OCc1ccc(Cl)cc1. The van der Waals surface area contributed by atoms with Crippen molar-refractivity contribution in [2.24, 2.45) is 5.10 Å². The van der Waals surface area contributed by atoms with Crippen LogP contribution in [0.1, 0.15) is 37.5 Å². The van der Waals surface area contributed by atoms with Gasteiger partial charge in [-0.2, -0.15) is 5.10 Å². The fraction of sp³-hybridized carbons (Fsp3) is 0.300. The second kappa shape index (κ2) is 14.9. The van der Waals surface area contributed by atoms with Gasteiger partial charge >= 0.3 is 6.09 Å². The quantitative estimate of drug-likeness (QED) is 0.221. The lowest BCUT2D eigenvalue weighted by molar-refractivity contribution is -0.124. The van der Waals surface area contributed by atoms with Gasteiger partial charge in [-0.15, -0.1) is 0 Å². The molecule has 0 unspecified atom stereocenters. The van der Waals surface area contributed by atoms with Gasteiger partial charge in [-0.3, -0.25) is 4.79 Å². The second-order valence-electron chi connectivity index (χ2n) is 9.76. The van der Waals surface area contributed by atoms with E-state index in [9.17, 15) is 9.59 Å². The molecule has 3 rings (SSSR count). The number of carbonyl (C=O) groups excluding carboxylic acids is 2. The van der Waals surface area contributed by atoms with E-state index >= 15 is 0 Å². The number of hydrogen-bond acceptors (Lipinski definition) is 7. The first kappa shape index (κ1) is 30.5. The van der Waals surface area contributed by atoms with Crippen molar-refractivity contribution in [3.05, 3.63) is 94.5 Å². The zero-order valence-electron chi connectivity index (χ0n) is 23.0. The standard InChI is InChI=1S/C30H34ClN3O6/c1-30(2,3)40-29(36)33-25(20-38-18-21-8-6-5-7-9-21)28(35)34-32-17-23-12-15-26(27(16-23)37-4)39-19-22-10-13-24(31)14-11-22/h5-17,25H,18-20H2,1-4H3,(H,33,36)(H,34,35)/b32-17-/t25-/m0/s1. The van der Waals surface area contributed by atoms with Crippen LogP contribution in [0.5, 0.6) is 11.5 Å². The smallest absolute Gasteiger partial charge is 0.408 e. The molecule has 0 fully saturated rings. The molecule has 2 amide bonds. The lowest BCUT2D eigenvalue weighted by Crippen LogP contribution is -2.49. The minimum Gasteiger partial charge on any atom is -0.493 e. The van der Waals surface area contributed by atoms with Crippen LogP contribution in [-0.2, 0) is 27.5 Å². The molecule has 0 aliphatic carbocycles. The molecule has 0 heterocycles. The molecule has 0 saturated carbocycles. The number of hydrogen-bond donors (Lipinski definition) is 2. The number of methoxy groups -OCH3 is 1. The molecule has 3 aromatic rings. The van der Waals surface area contributed by atoms with E-state index in [4.69, 9.17) is 30.5 Å². The molecule has 10 heteroatoms. The molecule has 2 N–H and O–H groups in total. The fourth-order valence-corrected chi connectivity index (χ4v) is 3.50. The van der Waals surface area contributed by atoms with Crippen LogP contribution in [0.2, 0.25) is 5.02 Å². The highest BCUT2D eigenvalue weighted by atomic mass is 35.5. The number of halogens is 1. The van der Waals surface area contributed by atoms with Gasteiger partial charge in [-0.25, -0.2) is 10.2 Å². The zero-order chi connectivity index (χ0) is 29.0. The Balaban J connectivity index is 1.60. The van der Waals surface area contributed by atoms with Crippen LogP contribution < -0.4 is 20.2 Å². The van der Waals surface area contributed by atoms with Gasteiger partial charge in [0.25, 0.3) is 5.91 Å². The van der Waals surface area contributed by atoms with Crippen molar-refractivity contribution < 1.29 is 28.5 Å². The predicted molar refractivity (Wildman–Crippen MR) is 154 cm³/mol. The molecule has 0 aromatic heterocycles. The largest absolute Gasteiger partial charge is 0.493 e. The first-order valence-corrected chi connectivity index (χ1v) is 13.0. The minimum absolute atomic E-state index is 0.0804. The van der Waals surface area contributed by atoms with Crippen LogP contribution in [0, 0.1) is 0 Å². The topological polar surface area (TPSA) is 107 Å². The Morgan fingerprint density at radius 1 is 0.950 bits per heavy atom. The van der Waals surface area contributed by atoms with E-state index in [0.717, 1.165) is 11.1 Å². The van der Waals surface area contributed by atoms with Crippen molar-refractivity contribution in [3.63, 3.8) is 0 Å². The Bertz CT molecular complexity index is 1280. The summed E-state index contributed by atoms with van der Waals surface area (Å²) < 4.78 is 22.3. The van der Waals surface area contributed by atoms with Crippen molar-refractivity contribution in [2.75, 3.05) is 13.7 Å². The van der Waals surface area contributed by atoms with E-state index in [1.807, 2.05) is 42.5 Å². The molecule has 40 heavy (non-hydrogen) atoms. The number of nitrogens with one attached hydrogen (secondary N) is 2. The van der Waals surface area contributed by atoms with Gasteiger partial charge in [0.15, 0.2) is 11.5 Å². The number of alkyl carbamates (subject to hydrolysis) is 1. The van der Waals surface area contributed by atoms with E-state index in [1.54, 1.807) is 51.1 Å². The Morgan fingerprint density at radius 3 is 2.33 bits per heavy atom. The summed E-state index contributed by atoms with van der Waals surface area (Å²) in [6.45, 7) is 5.74. The lowest BCUT2D eigenvalue weighted by atomic mass is 10.2. The Morgan fingerprint density at radius 2 is 1.65 bits per heavy atom. The average molecular weight is 568 g/mol. The molecule has 1 atom stereocenters. The van der Waals surface area contributed by atoms with Gasteiger partial charge in [0.05, 0.1) is 26.5 Å². The highest BCUT2D eigenvalue weighted by molar-refractivity contribution is 6.30. The summed E-state index contributed by atoms with van der Waals surface area (Å²) in [5.41, 5.74) is 4.28. The molecule has 0 spiro atoms. The van der Waals surface area contributed by atoms with Gasteiger partial charge in [-0.05, 0) is 67.8 Å². The molecule has 9 nitrogen and oxygen atoms in total. The van der Waals surface area contributed by atoms with Crippen molar-refractivity contribution in [1.29, 1.82) is 0 Å². The molecule has 0 bridgehead atoms. The van der Waals surface area contributed by atoms with E-state index < -0.39 is 23.6 Å². The van der Waals surface area contributed by atoms with Crippen molar-refractivity contribution in [3.8, 4) is 11.5 Å². The molecule has 0 saturated heterocycles. The summed E-state index contributed by atoms with van der Waals surface area (Å²) in [6, 6.07) is 21.1. The molecule has 212 valence electrons. The third-order valence-electron chi connectivity index (χ3n) is 5.29. The van der Waals surface area contributed by atoms with Gasteiger partial charge in [0.1, 0.15) is 18.2 Å². The van der Waals surface area contributed by atoms with E-state index in [1.165, 1.54) is 13.3 Å². The molecule has 0 aliphatic heterocycles. The number of benzene rings is 3. The first-order valence-electron chi connectivity index (χ1n) is 12.6. The Kier molecular flexibility index (Phi) is 11.4. The van der Waals surface area contributed by atoms with Crippen molar-refractivity contribution in [2.45, 2.75) is 45.6 Å². The molecular weight excluding hydrogens is 534 g/mol. The van der Waals surface area contributed by atoms with E-state index in [0.29, 0.717) is 28.7 Å². The van der Waals surface area contributed by atoms with Crippen LogP contribution in [0.15, 0.2) is 77.9 Å². The van der Waals surface area contributed by atoms with E-state index in [2.05, 4.69) is 15.8 Å². The first-order chi connectivity index (χ1) is 19.1. The Labute approximate surface area is 239 Å². The van der Waals surface area contributed by atoms with Crippen LogP contribution in [0.3, 0.4) is 0 Å². The third kappa shape index (κ3) is 10.6. The van der Waals surface area contributed by atoms with Crippen LogP contribution in [-0.4, -0.2) is 43.6 Å². The van der Waals surface area contributed by atoms with E-state index in [-0.39, 0.29) is 13.2 Å². The number of hydrazone groups is 1. The van der Waals surface area contributed by atoms with Gasteiger partial charge in [0.2, 0.25) is 0 Å². The summed E-state index contributed by atoms with van der Waals surface area (Å²) in [5, 5.41) is 7.24. The van der Waals surface area contributed by atoms with Crippen LogP contribution >= 0.6 is 11.6 Å². The normalized spacial score (nSPS) is 12.0. The van der Waals surface area contributed by atoms with Crippen molar-refractivity contribution in [1.82, 2.24) is 10.7 Å². The highest BCUT2D eigenvalue weighted by Gasteiger charge is 2.24. The molecular formula is C30H34ClN3O6. The summed E-state index contributed by atoms with van der Waals surface area (Å²) in [4.78, 5) is 25.2. The summed E-state index contributed by atoms with van der Waals surface area (Å²) >= 11 is 5.93. The zero-order valence-corrected chi connectivity index (χ0v) is 23.7. The van der Waals surface area contributed by atoms with Gasteiger partial charge in [0, 0.05) is 5.02 Å². The van der Waals surface area contributed by atoms with Crippen LogP contribution in [0.4, 0.5) is 4.79 Å². The molecule has 3 aromatic carbocycles. The number of ether oxygens (including phenoxy) is 4. The maximum absolute atomic E-state index is 12.9. The van der Waals surface area contributed by atoms with Crippen molar-refractivity contribution >= 4 is 29.8 Å². The molecule has 0 radical (unpaired) electrons. The third-order valence-corrected chi connectivity index (χ3v) is 5.54. The fourth-order valence-electron chi connectivity index (χ4n) is 3.38. The maximum Gasteiger partial charge on any atom is 0.408 e. The summed E-state index contributed by atoms with van der Waals surface area (Å²) in [5.74, 6) is 0.490. The predicted octanol–water partition coefficient (Wildman–Crippen LogP) is 5.49. The lowest BCUT2D eigenvalue weighted by Gasteiger charge is -2.22. The average Bonchev–Trinajstić information content (AvgIpc) is 2.92. The number of amides is 2. The number of carbonyl (C=O) groups is 2. The summed E-state index contributed by atoms with van der Waals surface area (Å²) in [6.07, 6.45) is 0.720. The minimum atomic E-state index is -1.03. The van der Waals surface area contributed by atoms with Gasteiger partial charge in [-0.1, -0.05) is 54.1 Å². The number of nitrogens with zero attached hydrogens (tertiary/aromatic N) is 1. The highest BCUT2D eigenvalue weighted by Crippen LogP contribution is 2.28. The maximum atomic E-state index is 12.9. The summed E-state index contributed by atoms with van der Waals surface area (Å²) in [7, 11) is 1.54. The molecule has 0 aliphatic rings. The van der Waals surface area contributed by atoms with Gasteiger partial charge < -0.3 is 24.3 Å². The monoisotopic (exact) mass is 567 g/mol. The van der Waals surface area contributed by atoms with Crippen LogP contribution in [0.25, 0.3) is 0 Å².